The lowest BCUT2D eigenvalue weighted by Gasteiger charge is -2.11. The zero-order valence-electron chi connectivity index (χ0n) is 7.52. The summed E-state index contributed by atoms with van der Waals surface area (Å²) in [5.41, 5.74) is 6.32. The quantitative estimate of drug-likeness (QED) is 0.775. The van der Waals surface area contributed by atoms with Crippen molar-refractivity contribution in [2.75, 3.05) is 17.6 Å². The minimum atomic E-state index is -4.23. The molecule has 1 aromatic rings. The Balaban J connectivity index is 2.72. The molecule has 14 heavy (non-hydrogen) atoms. The van der Waals surface area contributed by atoms with Crippen LogP contribution in [0.1, 0.15) is 5.56 Å². The van der Waals surface area contributed by atoms with Crippen LogP contribution in [0.4, 0.5) is 24.7 Å². The fourth-order valence-corrected chi connectivity index (χ4v) is 0.926. The molecule has 0 spiro atoms. The summed E-state index contributed by atoms with van der Waals surface area (Å²) in [7, 11) is 0. The van der Waals surface area contributed by atoms with Crippen molar-refractivity contribution in [1.82, 2.24) is 4.98 Å². The summed E-state index contributed by atoms with van der Waals surface area (Å²) in [4.78, 5) is 3.74. The third kappa shape index (κ3) is 3.12. The highest BCUT2D eigenvalue weighted by Crippen LogP contribution is 2.19. The van der Waals surface area contributed by atoms with E-state index in [0.29, 0.717) is 11.3 Å². The van der Waals surface area contributed by atoms with Gasteiger partial charge in [0.1, 0.15) is 12.4 Å². The first-order valence-electron chi connectivity index (χ1n) is 3.91. The average molecular weight is 205 g/mol. The van der Waals surface area contributed by atoms with Gasteiger partial charge in [0.15, 0.2) is 0 Å². The van der Waals surface area contributed by atoms with Crippen molar-refractivity contribution in [3.63, 3.8) is 0 Å². The Hall–Kier alpha value is -1.46. The van der Waals surface area contributed by atoms with E-state index in [2.05, 4.69) is 10.3 Å². The summed E-state index contributed by atoms with van der Waals surface area (Å²) in [6, 6.07) is 1.38. The molecule has 0 radical (unpaired) electrons. The van der Waals surface area contributed by atoms with Gasteiger partial charge in [-0.1, -0.05) is 0 Å². The average Bonchev–Trinajstić information content (AvgIpc) is 2.05. The summed E-state index contributed by atoms with van der Waals surface area (Å²) in [5, 5.41) is 2.25. The number of halogens is 3. The predicted octanol–water partition coefficient (Wildman–Crippen LogP) is 1.95. The fourth-order valence-electron chi connectivity index (χ4n) is 0.926. The molecule has 0 fully saturated rings. The second-order valence-electron chi connectivity index (χ2n) is 2.89. The zero-order valence-corrected chi connectivity index (χ0v) is 7.52. The summed E-state index contributed by atoms with van der Waals surface area (Å²) in [6.07, 6.45) is -2.81. The number of hydrogen-bond acceptors (Lipinski definition) is 3. The Morgan fingerprint density at radius 2 is 2.14 bits per heavy atom. The number of aromatic nitrogens is 1. The Morgan fingerprint density at radius 1 is 1.50 bits per heavy atom. The van der Waals surface area contributed by atoms with Crippen molar-refractivity contribution in [1.29, 1.82) is 0 Å². The molecule has 1 heterocycles. The number of nitrogens with two attached hydrogens (primary N) is 1. The summed E-state index contributed by atoms with van der Waals surface area (Å²) in [5.74, 6) is 0.195. The van der Waals surface area contributed by atoms with Gasteiger partial charge in [0, 0.05) is 18.0 Å². The van der Waals surface area contributed by atoms with Gasteiger partial charge in [-0.2, -0.15) is 13.2 Å². The Labute approximate surface area is 79.1 Å². The number of nitrogen functional groups attached to an aromatic ring is 1. The molecule has 0 aliphatic rings. The number of nitrogens with one attached hydrogen (secondary N) is 1. The third-order valence-electron chi connectivity index (χ3n) is 1.60. The van der Waals surface area contributed by atoms with Crippen molar-refractivity contribution in [2.24, 2.45) is 0 Å². The van der Waals surface area contributed by atoms with Crippen LogP contribution in [0.25, 0.3) is 0 Å². The number of hydrogen-bond donors (Lipinski definition) is 2. The largest absolute Gasteiger partial charge is 0.405 e. The number of nitrogens with zero attached hydrogens (tertiary/aromatic N) is 1. The molecular weight excluding hydrogens is 195 g/mol. The van der Waals surface area contributed by atoms with Gasteiger partial charge in [0.2, 0.25) is 0 Å². The van der Waals surface area contributed by atoms with E-state index in [0.717, 1.165) is 0 Å². The molecule has 0 saturated carbocycles. The minimum absolute atomic E-state index is 0.195. The number of anilines is 2. The van der Waals surface area contributed by atoms with Gasteiger partial charge in [-0.25, -0.2) is 4.98 Å². The van der Waals surface area contributed by atoms with Gasteiger partial charge in [-0.3, -0.25) is 0 Å². The van der Waals surface area contributed by atoms with E-state index in [1.807, 2.05) is 0 Å². The van der Waals surface area contributed by atoms with Crippen LogP contribution >= 0.6 is 0 Å². The molecule has 0 amide bonds. The molecule has 0 unspecified atom stereocenters. The number of alkyl halides is 3. The first kappa shape index (κ1) is 10.6. The minimum Gasteiger partial charge on any atom is -0.384 e. The number of aryl methyl sites for hydroxylation is 1. The van der Waals surface area contributed by atoms with Crippen molar-refractivity contribution in [3.05, 3.63) is 17.8 Å². The molecule has 0 saturated heterocycles. The van der Waals surface area contributed by atoms with Crippen molar-refractivity contribution >= 4 is 11.5 Å². The van der Waals surface area contributed by atoms with Gasteiger partial charge >= 0.3 is 6.18 Å². The Kier molecular flexibility index (Phi) is 2.83. The van der Waals surface area contributed by atoms with Crippen LogP contribution in [-0.4, -0.2) is 17.7 Å². The third-order valence-corrected chi connectivity index (χ3v) is 1.60. The van der Waals surface area contributed by atoms with Crippen LogP contribution in [-0.2, 0) is 0 Å². The molecule has 0 aliphatic heterocycles. The van der Waals surface area contributed by atoms with Gasteiger partial charge < -0.3 is 11.1 Å². The number of pyridine rings is 1. The van der Waals surface area contributed by atoms with E-state index < -0.39 is 12.7 Å². The summed E-state index contributed by atoms with van der Waals surface area (Å²) in [6.45, 7) is 0.586. The first-order chi connectivity index (χ1) is 6.38. The van der Waals surface area contributed by atoms with Crippen molar-refractivity contribution in [2.45, 2.75) is 13.1 Å². The maximum atomic E-state index is 11.9. The smallest absolute Gasteiger partial charge is 0.384 e. The van der Waals surface area contributed by atoms with Crippen LogP contribution in [0.15, 0.2) is 12.3 Å². The molecule has 0 bridgehead atoms. The molecule has 3 nitrogen and oxygen atoms in total. The molecule has 0 aromatic carbocycles. The lowest BCUT2D eigenvalue weighted by molar-refractivity contribution is -0.115. The van der Waals surface area contributed by atoms with E-state index in [1.165, 1.54) is 12.3 Å². The highest BCUT2D eigenvalue weighted by molar-refractivity contribution is 5.55. The molecule has 1 aromatic heterocycles. The van der Waals surface area contributed by atoms with E-state index in [-0.39, 0.29) is 5.82 Å². The van der Waals surface area contributed by atoms with Crippen molar-refractivity contribution in [3.8, 4) is 0 Å². The lowest BCUT2D eigenvalue weighted by atomic mass is 10.2. The molecule has 1 rings (SSSR count). The first-order valence-corrected chi connectivity index (χ1v) is 3.91. The lowest BCUT2D eigenvalue weighted by Crippen LogP contribution is -2.21. The summed E-state index contributed by atoms with van der Waals surface area (Å²) >= 11 is 0. The highest BCUT2D eigenvalue weighted by atomic mass is 19.4. The van der Waals surface area contributed by atoms with Crippen LogP contribution in [0.2, 0.25) is 0 Å². The van der Waals surface area contributed by atoms with Gasteiger partial charge in [-0.15, -0.1) is 0 Å². The van der Waals surface area contributed by atoms with E-state index in [4.69, 9.17) is 5.73 Å². The normalized spacial score (nSPS) is 11.4. The number of rotatable bonds is 2. The van der Waals surface area contributed by atoms with Crippen molar-refractivity contribution < 1.29 is 13.2 Å². The van der Waals surface area contributed by atoms with Crippen LogP contribution < -0.4 is 11.1 Å². The molecule has 78 valence electrons. The standard InChI is InChI=1S/C8H10F3N3/c1-5-3-13-7(12)2-6(5)14-4-8(9,10)11/h2-3H,4H2,1H3,(H3,12,13,14). The molecule has 6 heteroatoms. The van der Waals surface area contributed by atoms with Gasteiger partial charge in [0.05, 0.1) is 0 Å². The molecular formula is C8H10F3N3. The maximum absolute atomic E-state index is 11.9. The van der Waals surface area contributed by atoms with Gasteiger partial charge in [0.25, 0.3) is 0 Å². The topological polar surface area (TPSA) is 50.9 Å². The second kappa shape index (κ2) is 3.73. The van der Waals surface area contributed by atoms with E-state index >= 15 is 0 Å². The second-order valence-corrected chi connectivity index (χ2v) is 2.89. The van der Waals surface area contributed by atoms with E-state index in [1.54, 1.807) is 6.92 Å². The zero-order chi connectivity index (χ0) is 10.8. The monoisotopic (exact) mass is 205 g/mol. The Morgan fingerprint density at radius 3 is 2.71 bits per heavy atom. The molecule has 3 N–H and O–H groups in total. The fraction of sp³-hybridized carbons (Fsp3) is 0.375. The maximum Gasteiger partial charge on any atom is 0.405 e. The molecule has 0 atom stereocenters. The predicted molar refractivity (Wildman–Crippen MR) is 47.9 cm³/mol. The van der Waals surface area contributed by atoms with E-state index in [9.17, 15) is 13.2 Å². The highest BCUT2D eigenvalue weighted by Gasteiger charge is 2.26. The molecule has 0 aliphatic carbocycles. The van der Waals surface area contributed by atoms with Gasteiger partial charge in [-0.05, 0) is 12.5 Å². The Bertz CT molecular complexity index is 322. The van der Waals surface area contributed by atoms with Crippen LogP contribution in [0, 0.1) is 6.92 Å². The van der Waals surface area contributed by atoms with Crippen LogP contribution in [0.3, 0.4) is 0 Å². The van der Waals surface area contributed by atoms with Crippen LogP contribution in [0.5, 0.6) is 0 Å². The SMILES string of the molecule is Cc1cnc(N)cc1NCC(F)(F)F. The summed E-state index contributed by atoms with van der Waals surface area (Å²) < 4.78 is 35.6.